The van der Waals surface area contributed by atoms with Gasteiger partial charge in [0.25, 0.3) is 0 Å². The quantitative estimate of drug-likeness (QED) is 0.846. The van der Waals surface area contributed by atoms with Gasteiger partial charge in [0, 0.05) is 24.7 Å². The predicted molar refractivity (Wildman–Crippen MR) is 63.4 cm³/mol. The van der Waals surface area contributed by atoms with E-state index in [-0.39, 0.29) is 5.82 Å². The molecule has 1 aromatic rings. The Hall–Kier alpha value is -0.930. The third-order valence-electron chi connectivity index (χ3n) is 3.47. The minimum atomic E-state index is -0.130. The van der Waals surface area contributed by atoms with Crippen molar-refractivity contribution in [1.29, 1.82) is 0 Å². The molecule has 0 aliphatic heterocycles. The number of rotatable bonds is 4. The van der Waals surface area contributed by atoms with E-state index in [9.17, 15) is 4.39 Å². The van der Waals surface area contributed by atoms with Gasteiger partial charge in [-0.25, -0.2) is 4.39 Å². The van der Waals surface area contributed by atoms with Crippen molar-refractivity contribution in [3.8, 4) is 0 Å². The zero-order valence-electron chi connectivity index (χ0n) is 9.75. The van der Waals surface area contributed by atoms with E-state index in [2.05, 4.69) is 11.9 Å². The highest BCUT2D eigenvalue weighted by Crippen LogP contribution is 2.25. The van der Waals surface area contributed by atoms with E-state index < -0.39 is 0 Å². The number of halogens is 1. The highest BCUT2D eigenvalue weighted by Gasteiger charge is 2.22. The first-order valence-electron chi connectivity index (χ1n) is 5.88. The predicted octanol–water partition coefficient (Wildman–Crippen LogP) is 2.27. The number of hydrogen-bond acceptors (Lipinski definition) is 2. The maximum atomic E-state index is 13.7. The lowest BCUT2D eigenvalue weighted by atomic mass is 9.91. The standard InChI is InChI=1S/C13H19FN2/c1-16(12-3-2-4-12)9-11-6-5-10(8-15)7-13(11)14/h5-7,12H,2-4,8-9,15H2,1H3. The van der Waals surface area contributed by atoms with Crippen molar-refractivity contribution < 1.29 is 4.39 Å². The minimum Gasteiger partial charge on any atom is -0.326 e. The van der Waals surface area contributed by atoms with Crippen molar-refractivity contribution in [3.05, 3.63) is 35.1 Å². The molecule has 3 heteroatoms. The van der Waals surface area contributed by atoms with Crippen LogP contribution in [0.25, 0.3) is 0 Å². The van der Waals surface area contributed by atoms with E-state index >= 15 is 0 Å². The Morgan fingerprint density at radius 3 is 2.69 bits per heavy atom. The summed E-state index contributed by atoms with van der Waals surface area (Å²) in [6.45, 7) is 1.09. The van der Waals surface area contributed by atoms with Crippen LogP contribution in [-0.2, 0) is 13.1 Å². The van der Waals surface area contributed by atoms with Crippen molar-refractivity contribution in [1.82, 2.24) is 4.90 Å². The monoisotopic (exact) mass is 222 g/mol. The normalized spacial score (nSPS) is 16.5. The van der Waals surface area contributed by atoms with E-state index in [0.717, 1.165) is 11.1 Å². The SMILES string of the molecule is CN(Cc1ccc(CN)cc1F)C1CCC1. The summed E-state index contributed by atoms with van der Waals surface area (Å²) in [5.41, 5.74) is 7.10. The summed E-state index contributed by atoms with van der Waals surface area (Å²) in [5.74, 6) is -0.130. The van der Waals surface area contributed by atoms with Crippen LogP contribution in [0.4, 0.5) is 4.39 Å². The van der Waals surface area contributed by atoms with Crippen LogP contribution in [0, 0.1) is 5.82 Å². The Balaban J connectivity index is 2.03. The van der Waals surface area contributed by atoms with Crippen LogP contribution in [0.2, 0.25) is 0 Å². The van der Waals surface area contributed by atoms with Crippen LogP contribution in [0.3, 0.4) is 0 Å². The highest BCUT2D eigenvalue weighted by atomic mass is 19.1. The van der Waals surface area contributed by atoms with E-state index in [4.69, 9.17) is 5.73 Å². The first-order chi connectivity index (χ1) is 7.70. The molecule has 2 rings (SSSR count). The van der Waals surface area contributed by atoms with Gasteiger partial charge in [0.15, 0.2) is 0 Å². The van der Waals surface area contributed by atoms with Crippen LogP contribution >= 0.6 is 0 Å². The minimum absolute atomic E-state index is 0.130. The molecule has 1 saturated carbocycles. The van der Waals surface area contributed by atoms with Crippen molar-refractivity contribution in [3.63, 3.8) is 0 Å². The van der Waals surface area contributed by atoms with Crippen molar-refractivity contribution in [2.75, 3.05) is 7.05 Å². The molecule has 0 radical (unpaired) electrons. The lowest BCUT2D eigenvalue weighted by Crippen LogP contribution is -2.36. The number of nitrogens with zero attached hydrogens (tertiary/aromatic N) is 1. The maximum absolute atomic E-state index is 13.7. The Labute approximate surface area is 96.2 Å². The van der Waals surface area contributed by atoms with Gasteiger partial charge in [-0.15, -0.1) is 0 Å². The summed E-state index contributed by atoms with van der Waals surface area (Å²) in [6.07, 6.45) is 3.81. The third-order valence-corrected chi connectivity index (χ3v) is 3.47. The fourth-order valence-electron chi connectivity index (χ4n) is 2.07. The zero-order chi connectivity index (χ0) is 11.5. The van der Waals surface area contributed by atoms with Crippen LogP contribution < -0.4 is 5.73 Å². The van der Waals surface area contributed by atoms with Crippen molar-refractivity contribution >= 4 is 0 Å². The van der Waals surface area contributed by atoms with Gasteiger partial charge >= 0.3 is 0 Å². The van der Waals surface area contributed by atoms with E-state index in [1.54, 1.807) is 6.07 Å². The summed E-state index contributed by atoms with van der Waals surface area (Å²) < 4.78 is 13.7. The molecule has 1 aliphatic rings. The first kappa shape index (κ1) is 11.6. The fraction of sp³-hybridized carbons (Fsp3) is 0.538. The molecule has 0 aromatic heterocycles. The lowest BCUT2D eigenvalue weighted by molar-refractivity contribution is 0.151. The maximum Gasteiger partial charge on any atom is 0.128 e. The van der Waals surface area contributed by atoms with Gasteiger partial charge in [0.2, 0.25) is 0 Å². The van der Waals surface area contributed by atoms with Gasteiger partial charge in [-0.05, 0) is 31.5 Å². The average molecular weight is 222 g/mol. The molecule has 88 valence electrons. The summed E-state index contributed by atoms with van der Waals surface area (Å²) in [6, 6.07) is 5.96. The molecule has 1 aromatic carbocycles. The molecule has 0 bridgehead atoms. The van der Waals surface area contributed by atoms with E-state index in [1.165, 1.54) is 19.3 Å². The molecule has 0 unspecified atom stereocenters. The second-order valence-corrected chi connectivity index (χ2v) is 4.63. The molecule has 16 heavy (non-hydrogen) atoms. The van der Waals surface area contributed by atoms with Gasteiger partial charge in [-0.1, -0.05) is 18.6 Å². The summed E-state index contributed by atoms with van der Waals surface area (Å²) in [5, 5.41) is 0. The smallest absolute Gasteiger partial charge is 0.128 e. The summed E-state index contributed by atoms with van der Waals surface area (Å²) in [4.78, 5) is 2.24. The molecule has 0 spiro atoms. The van der Waals surface area contributed by atoms with Gasteiger partial charge in [-0.2, -0.15) is 0 Å². The van der Waals surface area contributed by atoms with Crippen LogP contribution in [0.15, 0.2) is 18.2 Å². The van der Waals surface area contributed by atoms with E-state index in [0.29, 0.717) is 19.1 Å². The average Bonchev–Trinajstić information content (AvgIpc) is 2.18. The number of nitrogens with two attached hydrogens (primary N) is 1. The van der Waals surface area contributed by atoms with Gasteiger partial charge in [0.1, 0.15) is 5.82 Å². The Morgan fingerprint density at radius 1 is 1.44 bits per heavy atom. The largest absolute Gasteiger partial charge is 0.326 e. The molecule has 2 N–H and O–H groups in total. The Morgan fingerprint density at radius 2 is 2.19 bits per heavy atom. The second-order valence-electron chi connectivity index (χ2n) is 4.63. The summed E-state index contributed by atoms with van der Waals surface area (Å²) in [7, 11) is 2.07. The fourth-order valence-corrected chi connectivity index (χ4v) is 2.07. The number of benzene rings is 1. The molecular formula is C13H19FN2. The third kappa shape index (κ3) is 2.42. The zero-order valence-corrected chi connectivity index (χ0v) is 9.75. The van der Waals surface area contributed by atoms with Crippen molar-refractivity contribution in [2.45, 2.75) is 38.4 Å². The van der Waals surface area contributed by atoms with Gasteiger partial charge in [0.05, 0.1) is 0 Å². The summed E-state index contributed by atoms with van der Waals surface area (Å²) >= 11 is 0. The second kappa shape index (κ2) is 4.93. The van der Waals surface area contributed by atoms with Crippen LogP contribution in [0.5, 0.6) is 0 Å². The molecule has 0 heterocycles. The Kier molecular flexibility index (Phi) is 3.56. The van der Waals surface area contributed by atoms with Gasteiger partial charge in [-0.3, -0.25) is 4.90 Å². The number of hydrogen-bond donors (Lipinski definition) is 1. The molecule has 0 amide bonds. The Bertz CT molecular complexity index is 361. The topological polar surface area (TPSA) is 29.3 Å². The van der Waals surface area contributed by atoms with Gasteiger partial charge < -0.3 is 5.73 Å². The molecule has 0 saturated heterocycles. The van der Waals surface area contributed by atoms with Crippen LogP contribution in [0.1, 0.15) is 30.4 Å². The van der Waals surface area contributed by atoms with Crippen molar-refractivity contribution in [2.24, 2.45) is 5.73 Å². The molecular weight excluding hydrogens is 203 g/mol. The van der Waals surface area contributed by atoms with Crippen LogP contribution in [-0.4, -0.2) is 18.0 Å². The first-order valence-corrected chi connectivity index (χ1v) is 5.88. The molecule has 1 fully saturated rings. The molecule has 0 atom stereocenters. The van der Waals surface area contributed by atoms with E-state index in [1.807, 2.05) is 12.1 Å². The lowest BCUT2D eigenvalue weighted by Gasteiger charge is -2.34. The molecule has 2 nitrogen and oxygen atoms in total. The highest BCUT2D eigenvalue weighted by molar-refractivity contribution is 5.24. The molecule has 1 aliphatic carbocycles.